The van der Waals surface area contributed by atoms with Crippen molar-refractivity contribution in [2.45, 2.75) is 32.7 Å². The van der Waals surface area contributed by atoms with Gasteiger partial charge in [-0.05, 0) is 67.6 Å². The van der Waals surface area contributed by atoms with Crippen molar-refractivity contribution < 1.29 is 0 Å². The van der Waals surface area contributed by atoms with Crippen LogP contribution in [-0.2, 0) is 0 Å². The smallest absolute Gasteiger partial charge is 0.124 e. The largest absolute Gasteiger partial charge is 0.384 e. The molecule has 1 fully saturated rings. The van der Waals surface area contributed by atoms with Crippen LogP contribution in [0.1, 0.15) is 35.7 Å². The number of anilines is 1. The Bertz CT molecular complexity index is 608. The second kappa shape index (κ2) is 5.25. The van der Waals surface area contributed by atoms with E-state index in [-0.39, 0.29) is 0 Å². The summed E-state index contributed by atoms with van der Waals surface area (Å²) in [6.45, 7) is 5.28. The summed E-state index contributed by atoms with van der Waals surface area (Å²) in [7, 11) is 0. The summed E-state index contributed by atoms with van der Waals surface area (Å²) in [5.41, 5.74) is 11.9. The highest BCUT2D eigenvalue weighted by Crippen LogP contribution is 2.30. The van der Waals surface area contributed by atoms with Crippen molar-refractivity contribution in [2.75, 3.05) is 12.3 Å². The van der Waals surface area contributed by atoms with Gasteiger partial charge < -0.3 is 11.1 Å². The summed E-state index contributed by atoms with van der Waals surface area (Å²) < 4.78 is 0. The van der Waals surface area contributed by atoms with Crippen molar-refractivity contribution in [1.82, 2.24) is 10.3 Å². The lowest BCUT2D eigenvalue weighted by Gasteiger charge is -2.14. The summed E-state index contributed by atoms with van der Waals surface area (Å²) in [5, 5.41) is 3.55. The van der Waals surface area contributed by atoms with Crippen molar-refractivity contribution in [3.63, 3.8) is 0 Å². The maximum absolute atomic E-state index is 5.86. The van der Waals surface area contributed by atoms with Gasteiger partial charge in [0.1, 0.15) is 5.82 Å². The molecular formula is C17H21N3. The third kappa shape index (κ3) is 2.54. The van der Waals surface area contributed by atoms with E-state index in [2.05, 4.69) is 41.5 Å². The number of nitrogens with two attached hydrogens (primary N) is 1. The second-order valence-corrected chi connectivity index (χ2v) is 5.65. The van der Waals surface area contributed by atoms with Crippen LogP contribution in [0.15, 0.2) is 30.3 Å². The van der Waals surface area contributed by atoms with E-state index in [1.165, 1.54) is 29.5 Å². The number of nitrogens with one attached hydrogen (secondary N) is 1. The number of benzene rings is 1. The summed E-state index contributed by atoms with van der Waals surface area (Å²) in [5.74, 6) is 0.584. The maximum atomic E-state index is 5.86. The van der Waals surface area contributed by atoms with E-state index in [4.69, 9.17) is 5.73 Å². The molecule has 0 bridgehead atoms. The standard InChI is InChI=1S/C17H21N3/c1-11-8-13(16-4-3-7-19-16)5-6-15(11)14-9-12(2)20-17(18)10-14/h5-6,8-10,16,19H,3-4,7H2,1-2H3,(H2,18,20). The van der Waals surface area contributed by atoms with Crippen LogP contribution in [0.5, 0.6) is 0 Å². The summed E-state index contributed by atoms with van der Waals surface area (Å²) in [6, 6.07) is 11.3. The molecule has 0 saturated carbocycles. The lowest BCUT2D eigenvalue weighted by atomic mass is 9.95. The van der Waals surface area contributed by atoms with Gasteiger partial charge in [-0.3, -0.25) is 0 Å². The Morgan fingerprint density at radius 2 is 2.05 bits per heavy atom. The normalized spacial score (nSPS) is 18.4. The van der Waals surface area contributed by atoms with Gasteiger partial charge in [-0.2, -0.15) is 0 Å². The highest BCUT2D eigenvalue weighted by molar-refractivity contribution is 5.70. The van der Waals surface area contributed by atoms with Crippen LogP contribution < -0.4 is 11.1 Å². The zero-order valence-corrected chi connectivity index (χ0v) is 12.1. The maximum Gasteiger partial charge on any atom is 0.124 e. The van der Waals surface area contributed by atoms with Crippen molar-refractivity contribution in [1.29, 1.82) is 0 Å². The molecule has 0 amide bonds. The molecule has 0 aliphatic carbocycles. The molecule has 1 atom stereocenters. The molecule has 1 saturated heterocycles. The van der Waals surface area contributed by atoms with Crippen LogP contribution in [0.4, 0.5) is 5.82 Å². The van der Waals surface area contributed by atoms with Crippen molar-refractivity contribution >= 4 is 5.82 Å². The van der Waals surface area contributed by atoms with Crippen molar-refractivity contribution in [2.24, 2.45) is 0 Å². The van der Waals surface area contributed by atoms with E-state index >= 15 is 0 Å². The molecule has 1 aromatic heterocycles. The molecule has 20 heavy (non-hydrogen) atoms. The van der Waals surface area contributed by atoms with Crippen molar-refractivity contribution in [3.05, 3.63) is 47.2 Å². The number of aromatic nitrogens is 1. The SMILES string of the molecule is Cc1cc(-c2ccc(C3CCCN3)cc2C)cc(N)n1. The van der Waals surface area contributed by atoms with E-state index in [0.717, 1.165) is 17.8 Å². The number of nitrogen functional groups attached to an aromatic ring is 1. The summed E-state index contributed by atoms with van der Waals surface area (Å²) in [4.78, 5) is 4.24. The van der Waals surface area contributed by atoms with Gasteiger partial charge in [0, 0.05) is 11.7 Å². The minimum Gasteiger partial charge on any atom is -0.384 e. The molecule has 2 aromatic rings. The predicted octanol–water partition coefficient (Wildman–Crippen LogP) is 3.37. The fourth-order valence-corrected chi connectivity index (χ4v) is 3.05. The molecule has 3 heteroatoms. The summed E-state index contributed by atoms with van der Waals surface area (Å²) in [6.07, 6.45) is 2.51. The number of pyridine rings is 1. The molecule has 0 spiro atoms. The highest BCUT2D eigenvalue weighted by atomic mass is 14.9. The molecule has 3 nitrogen and oxygen atoms in total. The molecule has 104 valence electrons. The van der Waals surface area contributed by atoms with Gasteiger partial charge >= 0.3 is 0 Å². The van der Waals surface area contributed by atoms with Gasteiger partial charge in [-0.25, -0.2) is 4.98 Å². The Hall–Kier alpha value is -1.87. The third-order valence-electron chi connectivity index (χ3n) is 4.00. The first-order chi connectivity index (χ1) is 9.63. The minimum atomic E-state index is 0.520. The van der Waals surface area contributed by atoms with Crippen LogP contribution >= 0.6 is 0 Å². The first-order valence-electron chi connectivity index (χ1n) is 7.22. The zero-order chi connectivity index (χ0) is 14.1. The third-order valence-corrected chi connectivity index (χ3v) is 4.00. The van der Waals surface area contributed by atoms with E-state index in [0.29, 0.717) is 11.9 Å². The van der Waals surface area contributed by atoms with Crippen molar-refractivity contribution in [3.8, 4) is 11.1 Å². The lowest BCUT2D eigenvalue weighted by Crippen LogP contribution is -2.12. The van der Waals surface area contributed by atoms with Crippen LogP contribution in [0, 0.1) is 13.8 Å². The fourth-order valence-electron chi connectivity index (χ4n) is 3.05. The Morgan fingerprint density at radius 3 is 2.70 bits per heavy atom. The molecule has 1 unspecified atom stereocenters. The molecule has 3 rings (SSSR count). The number of hydrogen-bond acceptors (Lipinski definition) is 3. The Kier molecular flexibility index (Phi) is 3.45. The second-order valence-electron chi connectivity index (χ2n) is 5.65. The molecule has 1 aliphatic heterocycles. The molecule has 0 radical (unpaired) electrons. The van der Waals surface area contributed by atoms with Crippen LogP contribution in [0.3, 0.4) is 0 Å². The lowest BCUT2D eigenvalue weighted by molar-refractivity contribution is 0.647. The molecule has 3 N–H and O–H groups in total. The molecular weight excluding hydrogens is 246 g/mol. The van der Waals surface area contributed by atoms with E-state index < -0.39 is 0 Å². The number of nitrogens with zero attached hydrogens (tertiary/aromatic N) is 1. The molecule has 1 aromatic carbocycles. The Morgan fingerprint density at radius 1 is 1.20 bits per heavy atom. The number of aryl methyl sites for hydroxylation is 2. The number of hydrogen-bond donors (Lipinski definition) is 2. The summed E-state index contributed by atoms with van der Waals surface area (Å²) >= 11 is 0. The van der Waals surface area contributed by atoms with Gasteiger partial charge in [0.15, 0.2) is 0 Å². The van der Waals surface area contributed by atoms with Gasteiger partial charge in [0.25, 0.3) is 0 Å². The Balaban J connectivity index is 1.98. The van der Waals surface area contributed by atoms with E-state index in [1.807, 2.05) is 13.0 Å². The minimum absolute atomic E-state index is 0.520. The first kappa shape index (κ1) is 13.1. The van der Waals surface area contributed by atoms with E-state index in [9.17, 15) is 0 Å². The van der Waals surface area contributed by atoms with Gasteiger partial charge in [0.05, 0.1) is 0 Å². The van der Waals surface area contributed by atoms with Crippen LogP contribution in [-0.4, -0.2) is 11.5 Å². The quantitative estimate of drug-likeness (QED) is 0.877. The van der Waals surface area contributed by atoms with E-state index in [1.54, 1.807) is 0 Å². The van der Waals surface area contributed by atoms with Gasteiger partial charge in [-0.15, -0.1) is 0 Å². The first-order valence-corrected chi connectivity index (χ1v) is 7.22. The van der Waals surface area contributed by atoms with Crippen LogP contribution in [0.2, 0.25) is 0 Å². The highest BCUT2D eigenvalue weighted by Gasteiger charge is 2.16. The van der Waals surface area contributed by atoms with Crippen LogP contribution in [0.25, 0.3) is 11.1 Å². The monoisotopic (exact) mass is 267 g/mol. The van der Waals surface area contributed by atoms with Gasteiger partial charge in [-0.1, -0.05) is 18.2 Å². The fraction of sp³-hybridized carbons (Fsp3) is 0.353. The van der Waals surface area contributed by atoms with Gasteiger partial charge in [0.2, 0.25) is 0 Å². The topological polar surface area (TPSA) is 50.9 Å². The number of rotatable bonds is 2. The average molecular weight is 267 g/mol. The molecule has 2 heterocycles. The Labute approximate surface area is 120 Å². The average Bonchev–Trinajstić information content (AvgIpc) is 2.91. The molecule has 1 aliphatic rings. The predicted molar refractivity (Wildman–Crippen MR) is 83.5 cm³/mol. The zero-order valence-electron chi connectivity index (χ0n) is 12.1.